The minimum Gasteiger partial charge on any atom is -0.491 e. The number of nitrogens with zero attached hydrogens (tertiary/aromatic N) is 3. The Bertz CT molecular complexity index is 2490. The van der Waals surface area contributed by atoms with Crippen LogP contribution in [-0.4, -0.2) is 50.2 Å². The summed E-state index contributed by atoms with van der Waals surface area (Å²) in [5.41, 5.74) is 1.33. The van der Waals surface area contributed by atoms with Crippen LogP contribution in [0.5, 0.6) is 5.75 Å². The van der Waals surface area contributed by atoms with Crippen molar-refractivity contribution in [3.63, 3.8) is 0 Å². The molecule has 0 saturated carbocycles. The lowest BCUT2D eigenvalue weighted by Crippen LogP contribution is -2.49. The standard InChI is InChI=1S/C18H18N4O5.C9H7N3O4.C4H5N3O/c1-9-3-4-11(27-9)16(18(2)6-26-7-18)22-13-12(14(23)15(13)24)21-10-5-19-8-20-17(10)25;1-16-8-5(6(13)7(8)14)12-4-2-10-3-11-9(4)15;5-3-1-6-2-7-4(3)8/h3-5,8,16,21-22H,6-7H2,1-2H3,(H,19,20,25);2-3,12H,1H3,(H,10,11,15);1-2H,5H2,(H,6,7,8). The van der Waals surface area contributed by atoms with Gasteiger partial charge in [0.1, 0.15) is 45.6 Å². The largest absolute Gasteiger partial charge is 0.491 e. The number of ether oxygens (including phenoxy) is 2. The van der Waals surface area contributed by atoms with Gasteiger partial charge in [-0.2, -0.15) is 0 Å². The van der Waals surface area contributed by atoms with E-state index in [1.165, 1.54) is 44.7 Å². The fourth-order valence-corrected chi connectivity index (χ4v) is 4.75. The van der Waals surface area contributed by atoms with Gasteiger partial charge >= 0.3 is 0 Å². The second-order valence-corrected chi connectivity index (χ2v) is 11.3. The van der Waals surface area contributed by atoms with Crippen molar-refractivity contribution in [1.82, 2.24) is 29.9 Å². The Morgan fingerprint density at radius 3 is 1.75 bits per heavy atom. The minimum atomic E-state index is -0.708. The molecule has 6 aromatic rings. The highest BCUT2D eigenvalue weighted by Crippen LogP contribution is 2.43. The highest BCUT2D eigenvalue weighted by atomic mass is 16.5. The van der Waals surface area contributed by atoms with Crippen LogP contribution in [0.15, 0.2) is 87.7 Å². The van der Waals surface area contributed by atoms with Crippen molar-refractivity contribution in [2.45, 2.75) is 19.9 Å². The average Bonchev–Trinajstić information content (AvgIpc) is 3.55. The molecule has 1 unspecified atom stereocenters. The Labute approximate surface area is 284 Å². The summed E-state index contributed by atoms with van der Waals surface area (Å²) in [6.45, 7) is 4.82. The molecule has 264 valence electrons. The molecule has 1 saturated heterocycles. The van der Waals surface area contributed by atoms with Crippen LogP contribution in [0, 0.1) is 12.3 Å². The zero-order valence-corrected chi connectivity index (χ0v) is 27.1. The number of hydrogen-bond acceptors (Lipinski definition) is 17. The van der Waals surface area contributed by atoms with Gasteiger partial charge < -0.3 is 50.5 Å². The third kappa shape index (κ3) is 7.39. The molecule has 20 heteroatoms. The number of nitrogens with one attached hydrogen (secondary N) is 6. The molecule has 0 bridgehead atoms. The summed E-state index contributed by atoms with van der Waals surface area (Å²) in [5.74, 6) is 1.32. The van der Waals surface area contributed by atoms with Crippen LogP contribution in [0.25, 0.3) is 0 Å². The number of aryl methyl sites for hydroxylation is 1. The Hall–Kier alpha value is -6.96. The maximum Gasteiger partial charge on any atom is 0.274 e. The molecule has 51 heavy (non-hydrogen) atoms. The molecule has 7 rings (SSSR count). The quantitative estimate of drug-likeness (QED) is 0.0949. The van der Waals surface area contributed by atoms with Gasteiger partial charge in [-0.25, -0.2) is 15.0 Å². The highest BCUT2D eigenvalue weighted by Gasteiger charge is 2.45. The molecule has 1 atom stereocenters. The molecule has 2 aromatic carbocycles. The Kier molecular flexibility index (Phi) is 10.2. The van der Waals surface area contributed by atoms with Gasteiger partial charge in [-0.05, 0) is 19.1 Å². The van der Waals surface area contributed by atoms with Crippen LogP contribution in [0.2, 0.25) is 0 Å². The van der Waals surface area contributed by atoms with Crippen LogP contribution in [0.1, 0.15) is 24.5 Å². The molecule has 4 aromatic heterocycles. The number of nitrogens with two attached hydrogens (primary N) is 1. The summed E-state index contributed by atoms with van der Waals surface area (Å²) in [4.78, 5) is 98.0. The zero-order chi connectivity index (χ0) is 36.9. The lowest BCUT2D eigenvalue weighted by Gasteiger charge is -2.44. The monoisotopic (exact) mass is 702 g/mol. The van der Waals surface area contributed by atoms with Crippen LogP contribution in [0.3, 0.4) is 0 Å². The summed E-state index contributed by atoms with van der Waals surface area (Å²) in [7, 11) is 1.27. The topological polar surface area (TPSA) is 299 Å². The number of hydrogen-bond donors (Lipinski definition) is 7. The average molecular weight is 703 g/mol. The van der Waals surface area contributed by atoms with E-state index in [0.29, 0.717) is 19.0 Å². The fourth-order valence-electron chi connectivity index (χ4n) is 4.75. The number of aromatic amines is 3. The molecule has 0 radical (unpaired) electrons. The summed E-state index contributed by atoms with van der Waals surface area (Å²) >= 11 is 0. The summed E-state index contributed by atoms with van der Waals surface area (Å²) in [5, 5.41) is 8.35. The third-order valence-electron chi connectivity index (χ3n) is 7.58. The number of rotatable bonds is 9. The number of nitrogen functional groups attached to an aromatic ring is 1. The van der Waals surface area contributed by atoms with Crippen LogP contribution < -0.4 is 64.8 Å². The molecule has 1 fully saturated rings. The first-order chi connectivity index (χ1) is 24.3. The number of H-pyrrole nitrogens is 3. The third-order valence-corrected chi connectivity index (χ3v) is 7.58. The highest BCUT2D eigenvalue weighted by molar-refractivity contribution is 5.78. The van der Waals surface area contributed by atoms with E-state index in [0.717, 1.165) is 5.76 Å². The normalized spacial score (nSPS) is 13.5. The molecule has 0 aliphatic carbocycles. The molecule has 1 aliphatic rings. The van der Waals surface area contributed by atoms with E-state index in [4.69, 9.17) is 19.6 Å². The van der Waals surface area contributed by atoms with Gasteiger partial charge in [-0.15, -0.1) is 0 Å². The van der Waals surface area contributed by atoms with E-state index in [2.05, 4.69) is 45.9 Å². The number of furan rings is 1. The minimum absolute atomic E-state index is 0.0222. The van der Waals surface area contributed by atoms with E-state index in [1.54, 1.807) is 0 Å². The lowest BCUT2D eigenvalue weighted by atomic mass is 9.79. The number of anilines is 6. The van der Waals surface area contributed by atoms with E-state index in [9.17, 15) is 33.6 Å². The van der Waals surface area contributed by atoms with E-state index < -0.39 is 32.8 Å². The molecule has 20 nitrogen and oxygen atoms in total. The van der Waals surface area contributed by atoms with E-state index >= 15 is 0 Å². The smallest absolute Gasteiger partial charge is 0.274 e. The fraction of sp³-hybridized carbons (Fsp3) is 0.226. The van der Waals surface area contributed by atoms with E-state index in [1.807, 2.05) is 26.0 Å². The number of aromatic nitrogens is 6. The van der Waals surface area contributed by atoms with Crippen molar-refractivity contribution >= 4 is 34.1 Å². The summed E-state index contributed by atoms with van der Waals surface area (Å²) in [6.07, 6.45) is 7.58. The molecule has 0 amide bonds. The second kappa shape index (κ2) is 14.7. The van der Waals surface area contributed by atoms with Crippen molar-refractivity contribution in [2.24, 2.45) is 5.41 Å². The number of methoxy groups -OCH3 is 1. The summed E-state index contributed by atoms with van der Waals surface area (Å²) in [6, 6.07) is 3.31. The van der Waals surface area contributed by atoms with Crippen molar-refractivity contribution in [3.8, 4) is 5.75 Å². The van der Waals surface area contributed by atoms with Gasteiger partial charge in [-0.3, -0.25) is 33.6 Å². The second-order valence-electron chi connectivity index (χ2n) is 11.3. The van der Waals surface area contributed by atoms with Crippen molar-refractivity contribution < 1.29 is 13.9 Å². The van der Waals surface area contributed by atoms with Gasteiger partial charge in [0, 0.05) is 5.41 Å². The Morgan fingerprint density at radius 1 is 0.765 bits per heavy atom. The molecular formula is C31H30N10O10. The van der Waals surface area contributed by atoms with Crippen LogP contribution in [0.4, 0.5) is 34.1 Å². The van der Waals surface area contributed by atoms with Gasteiger partial charge in [-0.1, -0.05) is 6.92 Å². The molecule has 8 N–H and O–H groups in total. The molecule has 1 aliphatic heterocycles. The Balaban J connectivity index is 0.000000176. The SMILES string of the molecule is COc1c(Nc2cnc[nH]c2=O)c(=O)c1=O.Cc1ccc(C(Nc2c(Nc3cnc[nH]c3=O)c(=O)c2=O)C2(C)COC2)o1.Nc1cnc[nH]c1=O. The van der Waals surface area contributed by atoms with Crippen molar-refractivity contribution in [3.05, 3.63) is 133 Å². The molecular weight excluding hydrogens is 672 g/mol. The van der Waals surface area contributed by atoms with Gasteiger partial charge in [0.25, 0.3) is 38.4 Å². The lowest BCUT2D eigenvalue weighted by molar-refractivity contribution is -0.115. The maximum atomic E-state index is 12.2. The first-order valence-electron chi connectivity index (χ1n) is 14.8. The van der Waals surface area contributed by atoms with Gasteiger partial charge in [0.2, 0.25) is 0 Å². The van der Waals surface area contributed by atoms with Crippen LogP contribution in [-0.2, 0) is 4.74 Å². The van der Waals surface area contributed by atoms with E-state index in [-0.39, 0.29) is 56.9 Å². The van der Waals surface area contributed by atoms with Gasteiger partial charge in [0.15, 0.2) is 5.75 Å². The predicted molar refractivity (Wildman–Crippen MR) is 184 cm³/mol. The summed E-state index contributed by atoms with van der Waals surface area (Å²) < 4.78 is 15.8. The zero-order valence-electron chi connectivity index (χ0n) is 27.1. The maximum absolute atomic E-state index is 12.2. The first kappa shape index (κ1) is 35.3. The first-order valence-corrected chi connectivity index (χ1v) is 14.8. The molecule has 5 heterocycles. The van der Waals surface area contributed by atoms with Gasteiger partial charge in [0.05, 0.1) is 63.9 Å². The molecule has 0 spiro atoms. The van der Waals surface area contributed by atoms with Crippen molar-refractivity contribution in [1.29, 1.82) is 0 Å². The van der Waals surface area contributed by atoms with Crippen molar-refractivity contribution in [2.75, 3.05) is 42.0 Å². The Morgan fingerprint density at radius 2 is 1.29 bits per heavy atom. The van der Waals surface area contributed by atoms with Crippen LogP contribution >= 0.6 is 0 Å². The predicted octanol–water partition coefficient (Wildman–Crippen LogP) is -0.329.